The van der Waals surface area contributed by atoms with Crippen LogP contribution in [0.15, 0.2) is 0 Å². The molecule has 1 fully saturated rings. The standard InChI is InChI=1S/C7H9F3O3/c8-7(9,10)13-4-6(5(11)12)2-1-3-6/h1-4H2,(H,11,12). The second-order valence-electron chi connectivity index (χ2n) is 3.17. The van der Waals surface area contributed by atoms with Gasteiger partial charge in [0.1, 0.15) is 0 Å². The summed E-state index contributed by atoms with van der Waals surface area (Å²) >= 11 is 0. The van der Waals surface area contributed by atoms with Gasteiger partial charge in [0.05, 0.1) is 12.0 Å². The number of alkyl halides is 3. The van der Waals surface area contributed by atoms with Crippen molar-refractivity contribution in [3.63, 3.8) is 0 Å². The maximum absolute atomic E-state index is 11.6. The number of ether oxygens (including phenoxy) is 1. The molecule has 13 heavy (non-hydrogen) atoms. The fourth-order valence-corrected chi connectivity index (χ4v) is 1.24. The lowest BCUT2D eigenvalue weighted by Crippen LogP contribution is -2.43. The average molecular weight is 198 g/mol. The van der Waals surface area contributed by atoms with Crippen molar-refractivity contribution >= 4 is 5.97 Å². The highest BCUT2D eigenvalue weighted by Gasteiger charge is 2.47. The van der Waals surface area contributed by atoms with Gasteiger partial charge >= 0.3 is 12.3 Å². The fourth-order valence-electron chi connectivity index (χ4n) is 1.24. The van der Waals surface area contributed by atoms with Gasteiger partial charge in [-0.3, -0.25) is 9.53 Å². The van der Waals surface area contributed by atoms with Crippen LogP contribution in [0.4, 0.5) is 13.2 Å². The van der Waals surface area contributed by atoms with E-state index in [4.69, 9.17) is 5.11 Å². The van der Waals surface area contributed by atoms with E-state index in [0.717, 1.165) is 0 Å². The highest BCUT2D eigenvalue weighted by Crippen LogP contribution is 2.42. The van der Waals surface area contributed by atoms with E-state index in [1.54, 1.807) is 0 Å². The summed E-state index contributed by atoms with van der Waals surface area (Å²) in [7, 11) is 0. The van der Waals surface area contributed by atoms with Crippen molar-refractivity contribution in [3.05, 3.63) is 0 Å². The molecule has 0 amide bonds. The smallest absolute Gasteiger partial charge is 0.481 e. The molecule has 0 atom stereocenters. The Bertz CT molecular complexity index is 208. The Labute approximate surface area is 72.5 Å². The van der Waals surface area contributed by atoms with Crippen molar-refractivity contribution in [1.82, 2.24) is 0 Å². The SMILES string of the molecule is O=C(O)C1(COC(F)(F)F)CCC1. The van der Waals surface area contributed by atoms with Crippen LogP contribution in [-0.4, -0.2) is 24.0 Å². The van der Waals surface area contributed by atoms with Crippen molar-refractivity contribution < 1.29 is 27.8 Å². The summed E-state index contributed by atoms with van der Waals surface area (Å²) in [6.07, 6.45) is -3.57. The fraction of sp³-hybridized carbons (Fsp3) is 0.857. The first-order valence-electron chi connectivity index (χ1n) is 3.80. The van der Waals surface area contributed by atoms with Crippen LogP contribution in [0.2, 0.25) is 0 Å². The van der Waals surface area contributed by atoms with Gasteiger partial charge in [0, 0.05) is 0 Å². The summed E-state index contributed by atoms with van der Waals surface area (Å²) < 4.78 is 38.3. The number of carbonyl (C=O) groups is 1. The van der Waals surface area contributed by atoms with Crippen LogP contribution in [0.1, 0.15) is 19.3 Å². The van der Waals surface area contributed by atoms with Gasteiger partial charge in [0.2, 0.25) is 0 Å². The Balaban J connectivity index is 2.46. The summed E-state index contributed by atoms with van der Waals surface area (Å²) in [6.45, 7) is -0.772. The molecule has 0 heterocycles. The highest BCUT2D eigenvalue weighted by molar-refractivity contribution is 5.75. The average Bonchev–Trinajstić information content (AvgIpc) is 1.80. The molecular formula is C7H9F3O3. The predicted octanol–water partition coefficient (Wildman–Crippen LogP) is 1.78. The Morgan fingerprint density at radius 2 is 2.00 bits per heavy atom. The summed E-state index contributed by atoms with van der Waals surface area (Å²) in [5.41, 5.74) is -1.30. The Hall–Kier alpha value is -0.780. The van der Waals surface area contributed by atoms with Crippen LogP contribution in [0.3, 0.4) is 0 Å². The van der Waals surface area contributed by atoms with E-state index in [1.807, 2.05) is 0 Å². The van der Waals surface area contributed by atoms with Gasteiger partial charge in [-0.25, -0.2) is 0 Å². The Morgan fingerprint density at radius 3 is 2.23 bits per heavy atom. The van der Waals surface area contributed by atoms with E-state index in [9.17, 15) is 18.0 Å². The summed E-state index contributed by atoms with van der Waals surface area (Å²) in [6, 6.07) is 0. The van der Waals surface area contributed by atoms with Crippen molar-refractivity contribution in [2.45, 2.75) is 25.6 Å². The molecule has 3 nitrogen and oxygen atoms in total. The van der Waals surface area contributed by atoms with Gasteiger partial charge in [-0.2, -0.15) is 0 Å². The molecule has 76 valence electrons. The molecule has 0 aromatic heterocycles. The number of halogens is 3. The number of aliphatic carboxylic acids is 1. The first-order valence-corrected chi connectivity index (χ1v) is 3.80. The molecule has 0 radical (unpaired) electrons. The molecule has 1 rings (SSSR count). The quantitative estimate of drug-likeness (QED) is 0.751. The molecule has 0 saturated heterocycles. The molecule has 1 aliphatic rings. The van der Waals surface area contributed by atoms with Crippen molar-refractivity contribution in [2.75, 3.05) is 6.61 Å². The van der Waals surface area contributed by atoms with Crippen LogP contribution >= 0.6 is 0 Å². The Morgan fingerprint density at radius 1 is 1.46 bits per heavy atom. The zero-order valence-corrected chi connectivity index (χ0v) is 6.73. The van der Waals surface area contributed by atoms with Gasteiger partial charge in [-0.15, -0.1) is 13.2 Å². The lowest BCUT2D eigenvalue weighted by Gasteiger charge is -2.37. The number of rotatable bonds is 3. The van der Waals surface area contributed by atoms with Gasteiger partial charge in [-0.05, 0) is 12.8 Å². The van der Waals surface area contributed by atoms with E-state index in [0.29, 0.717) is 6.42 Å². The van der Waals surface area contributed by atoms with Gasteiger partial charge in [-0.1, -0.05) is 6.42 Å². The normalized spacial score (nSPS) is 20.8. The molecule has 0 aromatic rings. The first-order chi connectivity index (χ1) is 5.86. The van der Waals surface area contributed by atoms with E-state index in [1.165, 1.54) is 0 Å². The summed E-state index contributed by atoms with van der Waals surface area (Å²) in [4.78, 5) is 10.6. The zero-order valence-electron chi connectivity index (χ0n) is 6.73. The third-order valence-corrected chi connectivity index (χ3v) is 2.28. The molecule has 0 spiro atoms. The lowest BCUT2D eigenvalue weighted by molar-refractivity contribution is -0.335. The van der Waals surface area contributed by atoms with E-state index in [2.05, 4.69) is 4.74 Å². The molecule has 1 aliphatic carbocycles. The molecular weight excluding hydrogens is 189 g/mol. The van der Waals surface area contributed by atoms with Crippen LogP contribution in [-0.2, 0) is 9.53 Å². The topological polar surface area (TPSA) is 46.5 Å². The molecule has 6 heteroatoms. The molecule has 1 saturated carbocycles. The van der Waals surface area contributed by atoms with E-state index in [-0.39, 0.29) is 12.8 Å². The van der Waals surface area contributed by atoms with Gasteiger partial charge in [0.25, 0.3) is 0 Å². The minimum atomic E-state index is -4.74. The van der Waals surface area contributed by atoms with Crippen LogP contribution in [0.25, 0.3) is 0 Å². The monoisotopic (exact) mass is 198 g/mol. The lowest BCUT2D eigenvalue weighted by atomic mass is 9.69. The van der Waals surface area contributed by atoms with E-state index >= 15 is 0 Å². The minimum Gasteiger partial charge on any atom is -0.481 e. The largest absolute Gasteiger partial charge is 0.522 e. The zero-order chi connectivity index (χ0) is 10.1. The number of hydrogen-bond donors (Lipinski definition) is 1. The number of hydrogen-bond acceptors (Lipinski definition) is 2. The predicted molar refractivity (Wildman–Crippen MR) is 35.9 cm³/mol. The van der Waals surface area contributed by atoms with Crippen LogP contribution < -0.4 is 0 Å². The number of carboxylic acid groups (broad SMARTS) is 1. The molecule has 0 bridgehead atoms. The molecule has 1 N–H and O–H groups in total. The van der Waals surface area contributed by atoms with Gasteiger partial charge in [0.15, 0.2) is 0 Å². The minimum absolute atomic E-state index is 0.262. The molecule has 0 aromatic carbocycles. The van der Waals surface area contributed by atoms with Crippen molar-refractivity contribution in [2.24, 2.45) is 5.41 Å². The van der Waals surface area contributed by atoms with Crippen molar-refractivity contribution in [3.8, 4) is 0 Å². The second kappa shape index (κ2) is 3.17. The van der Waals surface area contributed by atoms with Crippen molar-refractivity contribution in [1.29, 1.82) is 0 Å². The van der Waals surface area contributed by atoms with Crippen LogP contribution in [0.5, 0.6) is 0 Å². The highest BCUT2D eigenvalue weighted by atomic mass is 19.4. The van der Waals surface area contributed by atoms with E-state index < -0.39 is 24.4 Å². The first kappa shape index (κ1) is 10.3. The molecule has 0 aliphatic heterocycles. The van der Waals surface area contributed by atoms with Gasteiger partial charge < -0.3 is 5.11 Å². The molecule has 0 unspecified atom stereocenters. The van der Waals surface area contributed by atoms with Crippen LogP contribution in [0, 0.1) is 5.41 Å². The number of carboxylic acids is 1. The summed E-state index contributed by atoms with van der Waals surface area (Å²) in [5, 5.41) is 8.63. The summed E-state index contributed by atoms with van der Waals surface area (Å²) in [5.74, 6) is -1.21. The maximum atomic E-state index is 11.6. The Kier molecular flexibility index (Phi) is 2.51. The second-order valence-corrected chi connectivity index (χ2v) is 3.17. The maximum Gasteiger partial charge on any atom is 0.522 e. The third kappa shape index (κ3) is 2.33. The third-order valence-electron chi connectivity index (χ3n) is 2.28.